The van der Waals surface area contributed by atoms with Crippen LogP contribution in [0.25, 0.3) is 0 Å². The molecule has 2 aliphatic rings. The maximum atomic E-state index is 12.0. The van der Waals surface area contributed by atoms with Crippen molar-refractivity contribution in [3.05, 3.63) is 35.4 Å². The van der Waals surface area contributed by atoms with Gasteiger partial charge in [0.05, 0.1) is 5.69 Å². The van der Waals surface area contributed by atoms with Crippen molar-refractivity contribution in [3.8, 4) is 0 Å². The van der Waals surface area contributed by atoms with E-state index < -0.39 is 15.1 Å². The molecule has 1 unspecified atom stereocenters. The number of aromatic nitrogens is 3. The van der Waals surface area contributed by atoms with Gasteiger partial charge in [0.15, 0.2) is 9.84 Å². The summed E-state index contributed by atoms with van der Waals surface area (Å²) in [6.45, 7) is 5.65. The Morgan fingerprint density at radius 3 is 2.61 bits per heavy atom. The number of nitrogens with one attached hydrogen (secondary N) is 1. The Morgan fingerprint density at radius 1 is 1.29 bits per heavy atom. The van der Waals surface area contributed by atoms with Crippen LogP contribution in [0.4, 0.5) is 17.3 Å². The average Bonchev–Trinajstić information content (AvgIpc) is 3.30. The van der Waals surface area contributed by atoms with E-state index in [0.717, 1.165) is 30.6 Å². The first-order valence-electron chi connectivity index (χ1n) is 9.19. The minimum absolute atomic E-state index is 0.0680. The second kappa shape index (κ2) is 6.23. The van der Waals surface area contributed by atoms with E-state index in [2.05, 4.69) is 25.2 Å². The van der Waals surface area contributed by atoms with E-state index in [1.807, 2.05) is 25.3 Å². The molecule has 0 saturated heterocycles. The van der Waals surface area contributed by atoms with Gasteiger partial charge in [-0.1, -0.05) is 0 Å². The van der Waals surface area contributed by atoms with Crippen LogP contribution >= 0.6 is 0 Å². The highest BCUT2D eigenvalue weighted by Gasteiger charge is 2.52. The Balaban J connectivity index is 1.79. The molecule has 2 aromatic heterocycles. The molecule has 0 bridgehead atoms. The molecule has 8 nitrogen and oxygen atoms in total. The number of pyridine rings is 1. The Labute approximate surface area is 164 Å². The second-order valence-electron chi connectivity index (χ2n) is 7.83. The topological polar surface area (TPSA) is 105 Å². The van der Waals surface area contributed by atoms with Gasteiger partial charge >= 0.3 is 0 Å². The Morgan fingerprint density at radius 2 is 2.00 bits per heavy atom. The van der Waals surface area contributed by atoms with Gasteiger partial charge in [0.25, 0.3) is 0 Å². The molecule has 1 aliphatic carbocycles. The number of nitrogens with zero attached hydrogens (tertiary/aromatic N) is 4. The summed E-state index contributed by atoms with van der Waals surface area (Å²) >= 11 is 0. The fourth-order valence-corrected chi connectivity index (χ4v) is 4.16. The summed E-state index contributed by atoms with van der Waals surface area (Å²) in [7, 11) is -3.31. The monoisotopic (exact) mass is 401 g/mol. The Hall–Kier alpha value is -2.55. The Kier molecular flexibility index (Phi) is 4.18. The third kappa shape index (κ3) is 3.23. The second-order valence-corrected chi connectivity index (χ2v) is 10.2. The lowest BCUT2D eigenvalue weighted by molar-refractivity contribution is -0.114. The number of anilines is 3. The molecular weight excluding hydrogens is 378 g/mol. The van der Waals surface area contributed by atoms with Crippen LogP contribution in [0.5, 0.6) is 0 Å². The molecule has 1 N–H and O–H groups in total. The van der Waals surface area contributed by atoms with Crippen LogP contribution in [0.2, 0.25) is 0 Å². The van der Waals surface area contributed by atoms with Crippen molar-refractivity contribution in [1.82, 2.24) is 15.0 Å². The highest BCUT2D eigenvalue weighted by molar-refractivity contribution is 7.90. The van der Waals surface area contributed by atoms with Crippen LogP contribution in [0.1, 0.15) is 49.0 Å². The van der Waals surface area contributed by atoms with Gasteiger partial charge in [0.2, 0.25) is 5.91 Å². The largest absolute Gasteiger partial charge is 0.325 e. The molecule has 3 heterocycles. The zero-order valence-corrected chi connectivity index (χ0v) is 17.2. The number of amides is 1. The standard InChI is InChI=1S/C19H23N5O3S/c1-11-7-17(23-18(21-11)12(2)28(4,26)27)24-10-19(5-6-19)14-9-20-16(8-15(14)24)22-13(3)25/h7-9,12H,5-6,10H2,1-4H3,(H,20,22,25). The molecular formula is C19H23N5O3S. The van der Waals surface area contributed by atoms with E-state index >= 15 is 0 Å². The van der Waals surface area contributed by atoms with Crippen LogP contribution < -0.4 is 10.2 Å². The zero-order valence-electron chi connectivity index (χ0n) is 16.4. The number of hydrogen-bond donors (Lipinski definition) is 1. The molecule has 1 amide bonds. The summed E-state index contributed by atoms with van der Waals surface area (Å²) in [6, 6.07) is 3.73. The number of fused-ring (bicyclic) bond motifs is 2. The molecule has 9 heteroatoms. The third-order valence-corrected chi connectivity index (χ3v) is 7.00. The summed E-state index contributed by atoms with van der Waals surface area (Å²) in [5, 5.41) is 1.94. The smallest absolute Gasteiger partial charge is 0.222 e. The summed E-state index contributed by atoms with van der Waals surface area (Å²) in [5.74, 6) is 1.28. The van der Waals surface area contributed by atoms with E-state index in [4.69, 9.17) is 0 Å². The summed E-state index contributed by atoms with van der Waals surface area (Å²) < 4.78 is 24.0. The predicted molar refractivity (Wildman–Crippen MR) is 106 cm³/mol. The van der Waals surface area contributed by atoms with Crippen molar-refractivity contribution >= 4 is 33.1 Å². The molecule has 28 heavy (non-hydrogen) atoms. The number of hydrogen-bond acceptors (Lipinski definition) is 7. The molecule has 1 atom stereocenters. The van der Waals surface area contributed by atoms with Gasteiger partial charge in [0, 0.05) is 54.7 Å². The molecule has 148 valence electrons. The van der Waals surface area contributed by atoms with Crippen LogP contribution in [-0.4, -0.2) is 42.1 Å². The quantitative estimate of drug-likeness (QED) is 0.839. The summed E-state index contributed by atoms with van der Waals surface area (Å²) in [6.07, 6.45) is 5.18. The van der Waals surface area contributed by atoms with Crippen LogP contribution in [0, 0.1) is 6.92 Å². The van der Waals surface area contributed by atoms with Gasteiger partial charge < -0.3 is 10.2 Å². The number of carbonyl (C=O) groups is 1. The van der Waals surface area contributed by atoms with Gasteiger partial charge in [-0.25, -0.2) is 23.4 Å². The fraction of sp³-hybridized carbons (Fsp3) is 0.474. The van der Waals surface area contributed by atoms with Gasteiger partial charge in [-0.15, -0.1) is 0 Å². The normalized spacial score (nSPS) is 18.1. The van der Waals surface area contributed by atoms with E-state index in [0.29, 0.717) is 23.2 Å². The lowest BCUT2D eigenvalue weighted by Gasteiger charge is -2.21. The van der Waals surface area contributed by atoms with Crippen molar-refractivity contribution < 1.29 is 13.2 Å². The predicted octanol–water partition coefficient (Wildman–Crippen LogP) is 2.43. The highest BCUT2D eigenvalue weighted by atomic mass is 32.2. The summed E-state index contributed by atoms with van der Waals surface area (Å²) in [5.41, 5.74) is 2.88. The number of carbonyl (C=O) groups excluding carboxylic acids is 1. The van der Waals surface area contributed by atoms with Crippen molar-refractivity contribution in [2.75, 3.05) is 23.0 Å². The molecule has 0 aromatic carbocycles. The van der Waals surface area contributed by atoms with Crippen molar-refractivity contribution in [1.29, 1.82) is 0 Å². The first-order chi connectivity index (χ1) is 13.1. The number of aryl methyl sites for hydroxylation is 1. The molecule has 0 radical (unpaired) electrons. The molecule has 1 aliphatic heterocycles. The highest BCUT2D eigenvalue weighted by Crippen LogP contribution is 2.58. The van der Waals surface area contributed by atoms with E-state index in [-0.39, 0.29) is 11.3 Å². The first kappa shape index (κ1) is 18.8. The van der Waals surface area contributed by atoms with E-state index in [9.17, 15) is 13.2 Å². The number of rotatable bonds is 4. The SMILES string of the molecule is CC(=O)Nc1cc2c(cn1)C1(CC1)CN2c1cc(C)nc(C(C)S(C)(=O)=O)n1. The fourth-order valence-electron chi connectivity index (χ4n) is 3.67. The lowest BCUT2D eigenvalue weighted by Crippen LogP contribution is -2.22. The van der Waals surface area contributed by atoms with Crippen LogP contribution in [0.15, 0.2) is 18.3 Å². The minimum atomic E-state index is -3.31. The van der Waals surface area contributed by atoms with E-state index in [1.54, 1.807) is 6.92 Å². The van der Waals surface area contributed by atoms with Crippen molar-refractivity contribution in [2.24, 2.45) is 0 Å². The third-order valence-electron chi connectivity index (χ3n) is 5.50. The number of sulfone groups is 1. The van der Waals surface area contributed by atoms with Gasteiger partial charge in [-0.05, 0) is 26.7 Å². The average molecular weight is 401 g/mol. The molecule has 1 saturated carbocycles. The van der Waals surface area contributed by atoms with E-state index in [1.165, 1.54) is 13.2 Å². The maximum Gasteiger partial charge on any atom is 0.222 e. The van der Waals surface area contributed by atoms with Gasteiger partial charge in [0.1, 0.15) is 22.7 Å². The summed E-state index contributed by atoms with van der Waals surface area (Å²) in [4.78, 5) is 26.8. The first-order valence-corrected chi connectivity index (χ1v) is 11.1. The zero-order chi connectivity index (χ0) is 20.3. The van der Waals surface area contributed by atoms with Crippen LogP contribution in [-0.2, 0) is 20.0 Å². The lowest BCUT2D eigenvalue weighted by atomic mass is 10.0. The van der Waals surface area contributed by atoms with Crippen molar-refractivity contribution in [3.63, 3.8) is 0 Å². The van der Waals surface area contributed by atoms with Crippen molar-refractivity contribution in [2.45, 2.75) is 44.3 Å². The van der Waals surface area contributed by atoms with Gasteiger partial charge in [-0.3, -0.25) is 4.79 Å². The molecule has 2 aromatic rings. The van der Waals surface area contributed by atoms with Crippen LogP contribution in [0.3, 0.4) is 0 Å². The molecule has 1 fully saturated rings. The van der Waals surface area contributed by atoms with Gasteiger partial charge in [-0.2, -0.15) is 0 Å². The molecule has 4 rings (SSSR count). The Bertz CT molecular complexity index is 1080. The minimum Gasteiger partial charge on any atom is -0.325 e. The maximum absolute atomic E-state index is 12.0. The molecule has 1 spiro atoms.